The number of nitriles is 1. The van der Waals surface area contributed by atoms with Gasteiger partial charge in [0.1, 0.15) is 17.6 Å². The Balaban J connectivity index is 1.71. The number of carbonyl (C=O) groups is 1. The number of ether oxygens (including phenoxy) is 1. The molecule has 1 N–H and O–H groups in total. The Kier molecular flexibility index (Phi) is 5.08. The lowest BCUT2D eigenvalue weighted by molar-refractivity contribution is -0.115. The highest BCUT2D eigenvalue weighted by Gasteiger charge is 2.09. The topological polar surface area (TPSA) is 62.1 Å². The number of amides is 1. The summed E-state index contributed by atoms with van der Waals surface area (Å²) in [5, 5.41) is 12.2. The van der Waals surface area contributed by atoms with Crippen molar-refractivity contribution < 1.29 is 9.53 Å². The van der Waals surface area contributed by atoms with Crippen LogP contribution in [-0.2, 0) is 11.2 Å². The zero-order valence-electron chi connectivity index (χ0n) is 13.5. The quantitative estimate of drug-likeness (QED) is 0.748. The van der Waals surface area contributed by atoms with Gasteiger partial charge in [-0.1, -0.05) is 42.5 Å². The van der Waals surface area contributed by atoms with E-state index in [1.54, 1.807) is 18.2 Å². The number of hydrogen-bond donors (Lipinski definition) is 1. The van der Waals surface area contributed by atoms with Crippen LogP contribution in [0.4, 0.5) is 5.69 Å². The maximum absolute atomic E-state index is 12.1. The average Bonchev–Trinajstić information content (AvgIpc) is 2.64. The summed E-state index contributed by atoms with van der Waals surface area (Å²) in [5.41, 5.74) is 1.90. The summed E-state index contributed by atoms with van der Waals surface area (Å²) in [5.74, 6) is 1.00. The molecule has 122 valence electrons. The van der Waals surface area contributed by atoms with Crippen LogP contribution in [-0.4, -0.2) is 5.91 Å². The molecule has 1 amide bonds. The minimum Gasteiger partial charge on any atom is -0.456 e. The van der Waals surface area contributed by atoms with Gasteiger partial charge >= 0.3 is 0 Å². The fourth-order valence-electron chi connectivity index (χ4n) is 2.39. The first-order chi connectivity index (χ1) is 12.2. The van der Waals surface area contributed by atoms with Gasteiger partial charge in [-0.05, 0) is 42.0 Å². The first-order valence-electron chi connectivity index (χ1n) is 7.85. The number of nitrogens with one attached hydrogen (secondary N) is 1. The zero-order valence-corrected chi connectivity index (χ0v) is 13.5. The summed E-state index contributed by atoms with van der Waals surface area (Å²) in [6, 6.07) is 25.9. The van der Waals surface area contributed by atoms with E-state index in [0.717, 1.165) is 11.3 Å². The Hall–Kier alpha value is -3.58. The highest BCUT2D eigenvalue weighted by Crippen LogP contribution is 2.26. The van der Waals surface area contributed by atoms with Crippen molar-refractivity contribution in [2.24, 2.45) is 0 Å². The molecule has 0 aliphatic carbocycles. The number of benzene rings is 3. The number of anilines is 1. The third-order valence-electron chi connectivity index (χ3n) is 3.56. The molecule has 0 heterocycles. The maximum atomic E-state index is 12.1. The van der Waals surface area contributed by atoms with Crippen LogP contribution < -0.4 is 10.1 Å². The van der Waals surface area contributed by atoms with Gasteiger partial charge in [0.25, 0.3) is 0 Å². The van der Waals surface area contributed by atoms with Gasteiger partial charge in [0.15, 0.2) is 0 Å². The second-order valence-corrected chi connectivity index (χ2v) is 5.45. The van der Waals surface area contributed by atoms with Gasteiger partial charge in [-0.15, -0.1) is 0 Å². The summed E-state index contributed by atoms with van der Waals surface area (Å²) in [4.78, 5) is 12.1. The van der Waals surface area contributed by atoms with Crippen molar-refractivity contribution in [1.82, 2.24) is 0 Å². The molecule has 0 unspecified atom stereocenters. The lowest BCUT2D eigenvalue weighted by Crippen LogP contribution is -2.14. The van der Waals surface area contributed by atoms with Crippen molar-refractivity contribution >= 4 is 11.6 Å². The smallest absolute Gasteiger partial charge is 0.228 e. The van der Waals surface area contributed by atoms with Crippen molar-refractivity contribution in [3.63, 3.8) is 0 Å². The van der Waals surface area contributed by atoms with E-state index in [2.05, 4.69) is 11.4 Å². The van der Waals surface area contributed by atoms with E-state index < -0.39 is 0 Å². The van der Waals surface area contributed by atoms with Gasteiger partial charge in [-0.25, -0.2) is 0 Å². The van der Waals surface area contributed by atoms with E-state index in [9.17, 15) is 10.1 Å². The van der Waals surface area contributed by atoms with Crippen LogP contribution in [0.3, 0.4) is 0 Å². The highest BCUT2D eigenvalue weighted by molar-refractivity contribution is 5.92. The normalized spacial score (nSPS) is 9.88. The predicted octanol–water partition coefficient (Wildman–Crippen LogP) is 4.53. The van der Waals surface area contributed by atoms with Crippen molar-refractivity contribution in [2.75, 3.05) is 5.32 Å². The summed E-state index contributed by atoms with van der Waals surface area (Å²) >= 11 is 0. The average molecular weight is 328 g/mol. The number of carbonyl (C=O) groups excluding carboxylic acids is 1. The molecule has 0 radical (unpaired) electrons. The Bertz CT molecular complexity index is 900. The predicted molar refractivity (Wildman–Crippen MR) is 96.4 cm³/mol. The van der Waals surface area contributed by atoms with Crippen molar-refractivity contribution in [2.45, 2.75) is 6.42 Å². The molecular formula is C21H16N2O2. The van der Waals surface area contributed by atoms with Crippen LogP contribution in [0.25, 0.3) is 0 Å². The molecule has 3 aromatic carbocycles. The van der Waals surface area contributed by atoms with E-state index >= 15 is 0 Å². The van der Waals surface area contributed by atoms with Crippen LogP contribution in [0.15, 0.2) is 78.9 Å². The Morgan fingerprint density at radius 3 is 2.32 bits per heavy atom. The summed E-state index contributed by atoms with van der Waals surface area (Å²) in [6.45, 7) is 0. The fourth-order valence-corrected chi connectivity index (χ4v) is 2.39. The Labute approximate surface area is 146 Å². The molecule has 0 saturated carbocycles. The molecule has 0 bridgehead atoms. The van der Waals surface area contributed by atoms with E-state index in [1.165, 1.54) is 0 Å². The van der Waals surface area contributed by atoms with Crippen LogP contribution in [0.5, 0.6) is 11.5 Å². The molecule has 0 spiro atoms. The van der Waals surface area contributed by atoms with Gasteiger partial charge in [-0.2, -0.15) is 5.26 Å². The summed E-state index contributed by atoms with van der Waals surface area (Å²) in [7, 11) is 0. The molecule has 0 atom stereocenters. The van der Waals surface area contributed by atoms with Gasteiger partial charge < -0.3 is 10.1 Å². The van der Waals surface area contributed by atoms with Crippen LogP contribution in [0.2, 0.25) is 0 Å². The number of rotatable bonds is 5. The number of nitrogens with zero attached hydrogens (tertiary/aromatic N) is 1. The van der Waals surface area contributed by atoms with E-state index in [0.29, 0.717) is 17.1 Å². The zero-order chi connectivity index (χ0) is 17.5. The number of hydrogen-bond acceptors (Lipinski definition) is 3. The molecule has 25 heavy (non-hydrogen) atoms. The first-order valence-corrected chi connectivity index (χ1v) is 7.85. The lowest BCUT2D eigenvalue weighted by atomic mass is 10.1. The molecule has 4 heteroatoms. The molecule has 0 aliphatic rings. The largest absolute Gasteiger partial charge is 0.456 e. The van der Waals surface area contributed by atoms with Gasteiger partial charge in [0.05, 0.1) is 12.0 Å². The minimum atomic E-state index is -0.133. The Morgan fingerprint density at radius 1 is 0.960 bits per heavy atom. The van der Waals surface area contributed by atoms with Crippen molar-refractivity contribution in [1.29, 1.82) is 5.26 Å². The molecule has 0 fully saturated rings. The third kappa shape index (κ3) is 4.46. The molecule has 3 aromatic rings. The SMILES string of the molecule is N#Cc1cc(CC(=O)Nc2ccccc2)ccc1Oc1ccccc1. The van der Waals surface area contributed by atoms with E-state index in [1.807, 2.05) is 60.7 Å². The summed E-state index contributed by atoms with van der Waals surface area (Å²) < 4.78 is 5.73. The van der Waals surface area contributed by atoms with Crippen LogP contribution in [0, 0.1) is 11.3 Å². The minimum absolute atomic E-state index is 0.133. The summed E-state index contributed by atoms with van der Waals surface area (Å²) in [6.07, 6.45) is 0.190. The molecule has 4 nitrogen and oxygen atoms in total. The second-order valence-electron chi connectivity index (χ2n) is 5.45. The van der Waals surface area contributed by atoms with E-state index in [-0.39, 0.29) is 12.3 Å². The van der Waals surface area contributed by atoms with Crippen LogP contribution in [0.1, 0.15) is 11.1 Å². The van der Waals surface area contributed by atoms with Gasteiger partial charge in [0, 0.05) is 5.69 Å². The molecule has 0 aliphatic heterocycles. The van der Waals surface area contributed by atoms with Crippen LogP contribution >= 0.6 is 0 Å². The van der Waals surface area contributed by atoms with Crippen molar-refractivity contribution in [3.8, 4) is 17.6 Å². The second kappa shape index (κ2) is 7.80. The lowest BCUT2D eigenvalue weighted by Gasteiger charge is -2.09. The first kappa shape index (κ1) is 16.3. The molecule has 3 rings (SSSR count). The molecule has 0 saturated heterocycles. The number of para-hydroxylation sites is 2. The maximum Gasteiger partial charge on any atom is 0.228 e. The van der Waals surface area contributed by atoms with Gasteiger partial charge in [0.2, 0.25) is 5.91 Å². The standard InChI is InChI=1S/C21H16N2O2/c22-15-17-13-16(14-21(24)23-18-7-3-1-4-8-18)11-12-20(17)25-19-9-5-2-6-10-19/h1-13H,14H2,(H,23,24). The Morgan fingerprint density at radius 2 is 1.64 bits per heavy atom. The highest BCUT2D eigenvalue weighted by atomic mass is 16.5. The van der Waals surface area contributed by atoms with Crippen molar-refractivity contribution in [3.05, 3.63) is 90.0 Å². The molecular weight excluding hydrogens is 312 g/mol. The monoisotopic (exact) mass is 328 g/mol. The fraction of sp³-hybridized carbons (Fsp3) is 0.0476. The van der Waals surface area contributed by atoms with E-state index in [4.69, 9.17) is 4.74 Å². The third-order valence-corrected chi connectivity index (χ3v) is 3.56. The van der Waals surface area contributed by atoms with Gasteiger partial charge in [-0.3, -0.25) is 4.79 Å². The molecule has 0 aromatic heterocycles.